The minimum Gasteiger partial charge on any atom is -0.477 e. The number of carboxylic acids is 1. The molecule has 1 atom stereocenters. The molecule has 0 amide bonds. The first-order valence-corrected chi connectivity index (χ1v) is 8.13. The van der Waals surface area contributed by atoms with E-state index in [1.807, 2.05) is 0 Å². The minimum atomic E-state index is -3.19. The van der Waals surface area contributed by atoms with Crippen molar-refractivity contribution in [2.45, 2.75) is 18.9 Å². The molecule has 20 heavy (non-hydrogen) atoms. The topological polar surface area (TPSA) is 99.6 Å². The van der Waals surface area contributed by atoms with Gasteiger partial charge in [0.1, 0.15) is 5.82 Å². The van der Waals surface area contributed by atoms with Gasteiger partial charge in [0, 0.05) is 19.1 Å². The second-order valence-electron chi connectivity index (χ2n) is 4.82. The molecule has 110 valence electrons. The lowest BCUT2D eigenvalue weighted by atomic mass is 10.1. The molecule has 2 heterocycles. The van der Waals surface area contributed by atoms with E-state index in [0.717, 1.165) is 12.8 Å². The number of hydrogen-bond donors (Lipinski definition) is 2. The zero-order valence-electron chi connectivity index (χ0n) is 11.1. The first-order valence-electron chi connectivity index (χ1n) is 6.28. The maximum Gasteiger partial charge on any atom is 0.354 e. The summed E-state index contributed by atoms with van der Waals surface area (Å²) in [6.45, 7) is 0.900. The summed E-state index contributed by atoms with van der Waals surface area (Å²) < 4.78 is 24.5. The van der Waals surface area contributed by atoms with Crippen molar-refractivity contribution in [2.24, 2.45) is 0 Å². The zero-order valence-corrected chi connectivity index (χ0v) is 11.9. The first kappa shape index (κ1) is 14.7. The quantitative estimate of drug-likeness (QED) is 0.845. The molecule has 0 bridgehead atoms. The highest BCUT2D eigenvalue weighted by molar-refractivity contribution is 7.88. The number of carboxylic acid groups (broad SMARTS) is 1. The number of nitrogens with one attached hydrogen (secondary N) is 1. The van der Waals surface area contributed by atoms with Gasteiger partial charge in [-0.1, -0.05) is 6.07 Å². The van der Waals surface area contributed by atoms with E-state index in [-0.39, 0.29) is 11.7 Å². The van der Waals surface area contributed by atoms with Crippen LogP contribution in [0.4, 0.5) is 5.82 Å². The van der Waals surface area contributed by atoms with Gasteiger partial charge >= 0.3 is 5.97 Å². The van der Waals surface area contributed by atoms with E-state index < -0.39 is 16.0 Å². The minimum absolute atomic E-state index is 0.0363. The van der Waals surface area contributed by atoms with Gasteiger partial charge in [0.2, 0.25) is 10.0 Å². The average molecular weight is 299 g/mol. The highest BCUT2D eigenvalue weighted by Crippen LogP contribution is 2.17. The van der Waals surface area contributed by atoms with E-state index in [4.69, 9.17) is 5.11 Å². The molecule has 1 aromatic heterocycles. The van der Waals surface area contributed by atoms with Crippen LogP contribution < -0.4 is 5.32 Å². The molecule has 8 heteroatoms. The summed E-state index contributed by atoms with van der Waals surface area (Å²) in [6, 6.07) is 4.63. The van der Waals surface area contributed by atoms with Crippen LogP contribution in [0, 0.1) is 0 Å². The predicted octanol–water partition coefficient (Wildman–Crippen LogP) is 0.616. The van der Waals surface area contributed by atoms with Gasteiger partial charge in [-0.25, -0.2) is 22.5 Å². The van der Waals surface area contributed by atoms with E-state index in [0.29, 0.717) is 18.9 Å². The maximum absolute atomic E-state index is 11.5. The molecule has 0 spiro atoms. The van der Waals surface area contributed by atoms with Gasteiger partial charge in [-0.3, -0.25) is 0 Å². The second-order valence-corrected chi connectivity index (χ2v) is 6.80. The Hall–Kier alpha value is -1.67. The van der Waals surface area contributed by atoms with Gasteiger partial charge < -0.3 is 10.4 Å². The molecule has 0 radical (unpaired) electrons. The number of carbonyl (C=O) groups is 1. The van der Waals surface area contributed by atoms with Crippen LogP contribution in [0.3, 0.4) is 0 Å². The molecule has 2 rings (SSSR count). The average Bonchev–Trinajstić information content (AvgIpc) is 2.38. The lowest BCUT2D eigenvalue weighted by Gasteiger charge is -2.31. The van der Waals surface area contributed by atoms with Gasteiger partial charge in [0.15, 0.2) is 5.69 Å². The van der Waals surface area contributed by atoms with Crippen LogP contribution >= 0.6 is 0 Å². The molecule has 1 aromatic rings. The third-order valence-electron chi connectivity index (χ3n) is 3.17. The van der Waals surface area contributed by atoms with E-state index in [9.17, 15) is 13.2 Å². The smallest absolute Gasteiger partial charge is 0.354 e. The molecule has 7 nitrogen and oxygen atoms in total. The van der Waals surface area contributed by atoms with Crippen LogP contribution in [0.25, 0.3) is 0 Å². The normalized spacial score (nSPS) is 20.6. The van der Waals surface area contributed by atoms with Gasteiger partial charge in [0.05, 0.1) is 6.26 Å². The number of sulfonamides is 1. The number of nitrogens with zero attached hydrogens (tertiary/aromatic N) is 2. The number of piperidine rings is 1. The molecule has 1 unspecified atom stereocenters. The van der Waals surface area contributed by atoms with Gasteiger partial charge in [-0.15, -0.1) is 0 Å². The summed E-state index contributed by atoms with van der Waals surface area (Å²) in [6.07, 6.45) is 2.78. The Bertz CT molecular complexity index is 602. The van der Waals surface area contributed by atoms with Crippen LogP contribution in [-0.2, 0) is 10.0 Å². The lowest BCUT2D eigenvalue weighted by Crippen LogP contribution is -2.44. The number of aromatic nitrogens is 1. The summed E-state index contributed by atoms with van der Waals surface area (Å²) >= 11 is 0. The van der Waals surface area contributed by atoms with Gasteiger partial charge in [0.25, 0.3) is 0 Å². The highest BCUT2D eigenvalue weighted by Gasteiger charge is 2.26. The van der Waals surface area contributed by atoms with Gasteiger partial charge in [-0.05, 0) is 25.0 Å². The third-order valence-corrected chi connectivity index (χ3v) is 4.44. The first-order chi connectivity index (χ1) is 9.36. The molecular formula is C12H17N3O4S. The number of aromatic carboxylic acids is 1. The Morgan fingerprint density at radius 3 is 2.90 bits per heavy atom. The summed E-state index contributed by atoms with van der Waals surface area (Å²) in [7, 11) is -3.19. The maximum atomic E-state index is 11.5. The lowest BCUT2D eigenvalue weighted by molar-refractivity contribution is 0.0690. The molecule has 1 saturated heterocycles. The SMILES string of the molecule is CS(=O)(=O)N1CCCC(Nc2cccc(C(=O)O)n2)C1. The molecule has 0 aromatic carbocycles. The Balaban J connectivity index is 2.06. The van der Waals surface area contributed by atoms with E-state index in [2.05, 4.69) is 10.3 Å². The van der Waals surface area contributed by atoms with Crippen molar-refractivity contribution in [3.63, 3.8) is 0 Å². The summed E-state index contributed by atoms with van der Waals surface area (Å²) in [5.74, 6) is -0.639. The molecule has 2 N–H and O–H groups in total. The molecule has 1 fully saturated rings. The van der Waals surface area contributed by atoms with Crippen molar-refractivity contribution in [1.82, 2.24) is 9.29 Å². The fourth-order valence-corrected chi connectivity index (χ4v) is 3.12. The number of rotatable bonds is 4. The molecule has 1 aliphatic heterocycles. The molecular weight excluding hydrogens is 282 g/mol. The molecule has 0 aliphatic carbocycles. The van der Waals surface area contributed by atoms with Crippen molar-refractivity contribution in [3.8, 4) is 0 Å². The summed E-state index contributed by atoms with van der Waals surface area (Å²) in [5.41, 5.74) is -0.0363. The van der Waals surface area contributed by atoms with Crippen molar-refractivity contribution >= 4 is 21.8 Å². The number of hydrogen-bond acceptors (Lipinski definition) is 5. The fourth-order valence-electron chi connectivity index (χ4n) is 2.20. The monoisotopic (exact) mass is 299 g/mol. The summed E-state index contributed by atoms with van der Waals surface area (Å²) in [4.78, 5) is 14.8. The van der Waals surface area contributed by atoms with Crippen LogP contribution in [0.1, 0.15) is 23.3 Å². The van der Waals surface area contributed by atoms with Crippen molar-refractivity contribution in [1.29, 1.82) is 0 Å². The number of pyridine rings is 1. The van der Waals surface area contributed by atoms with Crippen molar-refractivity contribution in [2.75, 3.05) is 24.7 Å². The van der Waals surface area contributed by atoms with Crippen molar-refractivity contribution in [3.05, 3.63) is 23.9 Å². The Kier molecular flexibility index (Phi) is 4.24. The van der Waals surface area contributed by atoms with Crippen LogP contribution in [0.15, 0.2) is 18.2 Å². The molecule has 0 saturated carbocycles. The van der Waals surface area contributed by atoms with E-state index in [1.165, 1.54) is 16.6 Å². The Morgan fingerprint density at radius 1 is 1.50 bits per heavy atom. The predicted molar refractivity (Wildman–Crippen MR) is 74.3 cm³/mol. The molecule has 1 aliphatic rings. The zero-order chi connectivity index (χ0) is 14.8. The van der Waals surface area contributed by atoms with Crippen LogP contribution in [0.2, 0.25) is 0 Å². The van der Waals surface area contributed by atoms with E-state index >= 15 is 0 Å². The van der Waals surface area contributed by atoms with Crippen LogP contribution in [0.5, 0.6) is 0 Å². The third kappa shape index (κ3) is 3.67. The standard InChI is InChI=1S/C12H17N3O4S/c1-20(18,19)15-7-3-4-9(8-15)13-11-6-2-5-10(14-11)12(16)17/h2,5-6,9H,3-4,7-8H2,1H3,(H,13,14)(H,16,17). The summed E-state index contributed by atoms with van der Waals surface area (Å²) in [5, 5.41) is 12.0. The number of anilines is 1. The highest BCUT2D eigenvalue weighted by atomic mass is 32.2. The fraction of sp³-hybridized carbons (Fsp3) is 0.500. The van der Waals surface area contributed by atoms with E-state index in [1.54, 1.807) is 12.1 Å². The van der Waals surface area contributed by atoms with Gasteiger partial charge in [-0.2, -0.15) is 0 Å². The Morgan fingerprint density at radius 2 is 2.25 bits per heavy atom. The second kappa shape index (κ2) is 5.76. The largest absolute Gasteiger partial charge is 0.477 e. The Labute approximate surface area is 117 Å². The van der Waals surface area contributed by atoms with Crippen molar-refractivity contribution < 1.29 is 18.3 Å². The van der Waals surface area contributed by atoms with Crippen LogP contribution in [-0.4, -0.2) is 54.2 Å².